The number of piperazine rings is 2. The molecule has 0 saturated carbocycles. The third-order valence-electron chi connectivity index (χ3n) is 4.41. The Kier molecular flexibility index (Phi) is 11.3. The largest absolute Gasteiger partial charge is 0.329 e. The molecule has 0 bridgehead atoms. The molecule has 0 aromatic heterocycles. The lowest BCUT2D eigenvalue weighted by atomic mass is 10.3. The fraction of sp³-hybridized carbons (Fsp3) is 0.875. The van der Waals surface area contributed by atoms with Crippen LogP contribution in [-0.2, 0) is 0 Å². The first-order valence-corrected chi connectivity index (χ1v) is 8.77. The fourth-order valence-corrected chi connectivity index (χ4v) is 2.91. The van der Waals surface area contributed by atoms with Gasteiger partial charge in [-0.15, -0.1) is 0 Å². The summed E-state index contributed by atoms with van der Waals surface area (Å²) in [5.74, 6) is 0. The lowest BCUT2D eigenvalue weighted by Crippen LogP contribution is -2.48. The van der Waals surface area contributed by atoms with Gasteiger partial charge in [0.2, 0.25) is 0 Å². The Morgan fingerprint density at radius 2 is 0.875 bits per heavy atom. The summed E-state index contributed by atoms with van der Waals surface area (Å²) in [5.41, 5.74) is 11.0. The molecule has 0 spiro atoms. The quantitative estimate of drug-likeness (QED) is 0.545. The predicted molar refractivity (Wildman–Crippen MR) is 95.1 cm³/mol. The monoisotopic (exact) mass is 336 g/mol. The van der Waals surface area contributed by atoms with Crippen molar-refractivity contribution in [2.45, 2.75) is 0 Å². The number of hydrogen-bond donors (Lipinski definition) is 2. The van der Waals surface area contributed by atoms with Crippen LogP contribution in [0.15, 0.2) is 0 Å². The van der Waals surface area contributed by atoms with Gasteiger partial charge in [0.05, 0.1) is 25.2 Å². The van der Waals surface area contributed by atoms with Gasteiger partial charge in [-0.25, -0.2) is 0 Å². The van der Waals surface area contributed by atoms with E-state index in [1.807, 2.05) is 0 Å². The zero-order valence-corrected chi connectivity index (χ0v) is 14.7. The highest BCUT2D eigenvalue weighted by molar-refractivity contribution is 4.84. The molecule has 24 heavy (non-hydrogen) atoms. The second kappa shape index (κ2) is 13.1. The summed E-state index contributed by atoms with van der Waals surface area (Å²) < 4.78 is 0. The van der Waals surface area contributed by atoms with E-state index < -0.39 is 0 Å². The van der Waals surface area contributed by atoms with Crippen LogP contribution in [0.5, 0.6) is 0 Å². The molecule has 0 atom stereocenters. The number of rotatable bonds is 6. The van der Waals surface area contributed by atoms with Gasteiger partial charge in [-0.1, -0.05) is 0 Å². The van der Waals surface area contributed by atoms with E-state index in [-0.39, 0.29) is 0 Å². The Balaban J connectivity index is 0.000000240. The van der Waals surface area contributed by atoms with Crippen LogP contribution in [0.25, 0.3) is 0 Å². The molecule has 2 aliphatic heterocycles. The third kappa shape index (κ3) is 8.55. The Morgan fingerprint density at radius 3 is 1.12 bits per heavy atom. The second-order valence-electron chi connectivity index (χ2n) is 6.13. The van der Waals surface area contributed by atoms with Gasteiger partial charge in [0.1, 0.15) is 0 Å². The van der Waals surface area contributed by atoms with Gasteiger partial charge in [0.15, 0.2) is 0 Å². The average molecular weight is 336 g/mol. The van der Waals surface area contributed by atoms with Gasteiger partial charge in [0.25, 0.3) is 0 Å². The molecule has 2 saturated heterocycles. The number of nitrogens with two attached hydrogens (primary N) is 2. The topological polar surface area (TPSA) is 113 Å². The van der Waals surface area contributed by atoms with E-state index in [1.165, 1.54) is 0 Å². The van der Waals surface area contributed by atoms with Crippen molar-refractivity contribution in [2.24, 2.45) is 11.5 Å². The molecule has 8 heteroatoms. The summed E-state index contributed by atoms with van der Waals surface area (Å²) in [6.45, 7) is 12.9. The van der Waals surface area contributed by atoms with E-state index in [4.69, 9.17) is 22.0 Å². The minimum Gasteiger partial charge on any atom is -0.329 e. The summed E-state index contributed by atoms with van der Waals surface area (Å²) in [5, 5.41) is 16.9. The van der Waals surface area contributed by atoms with Crippen LogP contribution in [-0.4, -0.2) is 111 Å². The minimum absolute atomic E-state index is 0.514. The molecule has 0 amide bonds. The fourth-order valence-electron chi connectivity index (χ4n) is 2.91. The summed E-state index contributed by atoms with van der Waals surface area (Å²) in [4.78, 5) is 9.03. The molecule has 2 aliphatic rings. The molecule has 0 aromatic rings. The maximum Gasteiger partial charge on any atom is 0.0866 e. The Labute approximate surface area is 146 Å². The van der Waals surface area contributed by atoms with Crippen LogP contribution >= 0.6 is 0 Å². The van der Waals surface area contributed by atoms with Crippen molar-refractivity contribution >= 4 is 0 Å². The normalized spacial score (nSPS) is 20.7. The van der Waals surface area contributed by atoms with Gasteiger partial charge < -0.3 is 11.5 Å². The second-order valence-corrected chi connectivity index (χ2v) is 6.13. The Hall–Kier alpha value is -1.26. The van der Waals surface area contributed by atoms with Gasteiger partial charge in [-0.05, 0) is 0 Å². The van der Waals surface area contributed by atoms with Crippen molar-refractivity contribution in [1.29, 1.82) is 10.5 Å². The first-order valence-electron chi connectivity index (χ1n) is 8.77. The van der Waals surface area contributed by atoms with E-state index in [1.54, 1.807) is 0 Å². The van der Waals surface area contributed by atoms with Gasteiger partial charge in [0, 0.05) is 78.5 Å². The van der Waals surface area contributed by atoms with Crippen molar-refractivity contribution in [3.05, 3.63) is 0 Å². The molecule has 4 N–H and O–H groups in total. The summed E-state index contributed by atoms with van der Waals surface area (Å²) in [6, 6.07) is 4.25. The highest BCUT2D eigenvalue weighted by Crippen LogP contribution is 2.00. The highest BCUT2D eigenvalue weighted by atomic mass is 15.3. The number of nitriles is 2. The molecule has 2 heterocycles. The lowest BCUT2D eigenvalue weighted by Gasteiger charge is -2.34. The first-order chi connectivity index (χ1) is 11.7. The van der Waals surface area contributed by atoms with Crippen LogP contribution in [0.1, 0.15) is 0 Å². The van der Waals surface area contributed by atoms with Crippen LogP contribution in [0.3, 0.4) is 0 Å². The molecule has 0 aromatic carbocycles. The van der Waals surface area contributed by atoms with Crippen molar-refractivity contribution in [3.8, 4) is 12.1 Å². The molecule has 136 valence electrons. The SMILES string of the molecule is N#CCN1CCN(CC#N)CC1.NCCN1CCN(CCN)CC1. The zero-order valence-electron chi connectivity index (χ0n) is 14.7. The van der Waals surface area contributed by atoms with Crippen LogP contribution < -0.4 is 11.5 Å². The average Bonchev–Trinajstić information content (AvgIpc) is 2.60. The summed E-state index contributed by atoms with van der Waals surface area (Å²) >= 11 is 0. The van der Waals surface area contributed by atoms with Crippen molar-refractivity contribution in [3.63, 3.8) is 0 Å². The van der Waals surface area contributed by atoms with Gasteiger partial charge >= 0.3 is 0 Å². The molecule has 2 fully saturated rings. The molecule has 8 nitrogen and oxygen atoms in total. The van der Waals surface area contributed by atoms with E-state index in [9.17, 15) is 0 Å². The van der Waals surface area contributed by atoms with Crippen LogP contribution in [0.2, 0.25) is 0 Å². The van der Waals surface area contributed by atoms with Crippen LogP contribution in [0, 0.1) is 22.7 Å². The van der Waals surface area contributed by atoms with Gasteiger partial charge in [-0.2, -0.15) is 10.5 Å². The summed E-state index contributed by atoms with van der Waals surface area (Å²) in [7, 11) is 0. The van der Waals surface area contributed by atoms with E-state index in [0.717, 1.165) is 78.5 Å². The smallest absolute Gasteiger partial charge is 0.0866 e. The van der Waals surface area contributed by atoms with E-state index in [2.05, 4.69) is 31.7 Å². The molecule has 0 unspecified atom stereocenters. The Bertz CT molecular complexity index is 348. The number of nitrogens with zero attached hydrogens (tertiary/aromatic N) is 6. The zero-order chi connectivity index (χ0) is 17.6. The predicted octanol–water partition coefficient (Wildman–Crippen LogP) is -1.83. The molecule has 0 radical (unpaired) electrons. The Morgan fingerprint density at radius 1 is 0.583 bits per heavy atom. The van der Waals surface area contributed by atoms with Crippen molar-refractivity contribution in [1.82, 2.24) is 19.6 Å². The molecule has 0 aliphatic carbocycles. The van der Waals surface area contributed by atoms with Gasteiger partial charge in [-0.3, -0.25) is 19.6 Å². The third-order valence-corrected chi connectivity index (χ3v) is 4.41. The molecule has 2 rings (SSSR count). The van der Waals surface area contributed by atoms with Crippen LogP contribution in [0.4, 0.5) is 0 Å². The maximum absolute atomic E-state index is 8.43. The lowest BCUT2D eigenvalue weighted by molar-refractivity contribution is 0.138. The van der Waals surface area contributed by atoms with Crippen molar-refractivity contribution in [2.75, 3.05) is 91.6 Å². The molecular formula is C16H32N8. The maximum atomic E-state index is 8.43. The van der Waals surface area contributed by atoms with Crippen molar-refractivity contribution < 1.29 is 0 Å². The summed E-state index contributed by atoms with van der Waals surface area (Å²) in [6.07, 6.45) is 0. The van der Waals surface area contributed by atoms with E-state index in [0.29, 0.717) is 13.1 Å². The minimum atomic E-state index is 0.514. The molecular weight excluding hydrogens is 304 g/mol. The number of hydrogen-bond acceptors (Lipinski definition) is 8. The standard InChI is InChI=1S/C8H20N4.C8H12N4/c2*9-1-3-11-5-7-12(4-2-10)8-6-11/h1-10H2;3-8H2. The van der Waals surface area contributed by atoms with E-state index >= 15 is 0 Å². The first kappa shape index (κ1) is 20.8. The highest BCUT2D eigenvalue weighted by Gasteiger charge is 2.15.